The van der Waals surface area contributed by atoms with Crippen LogP contribution in [0.1, 0.15) is 29.1 Å². The zero-order valence-corrected chi connectivity index (χ0v) is 13.5. The number of aromatic nitrogens is 2. The van der Waals surface area contributed by atoms with E-state index in [1.165, 1.54) is 23.3 Å². The minimum atomic E-state index is 0.0568. The molecule has 1 fully saturated rings. The molecule has 0 unspecified atom stereocenters. The Morgan fingerprint density at radius 3 is 2.91 bits per heavy atom. The number of nitrogens with zero attached hydrogens (tertiary/aromatic N) is 2. The van der Waals surface area contributed by atoms with Gasteiger partial charge in [-0.1, -0.05) is 0 Å². The quantitative estimate of drug-likeness (QED) is 0.936. The third-order valence-corrected chi connectivity index (χ3v) is 5.83. The summed E-state index contributed by atoms with van der Waals surface area (Å²) in [6.45, 7) is 4.49. The van der Waals surface area contributed by atoms with Gasteiger partial charge >= 0.3 is 0 Å². The van der Waals surface area contributed by atoms with E-state index < -0.39 is 0 Å². The zero-order valence-electron chi connectivity index (χ0n) is 12.7. The van der Waals surface area contributed by atoms with Crippen molar-refractivity contribution in [2.45, 2.75) is 32.1 Å². The molecule has 0 atom stereocenters. The van der Waals surface area contributed by atoms with Gasteiger partial charge in [-0.2, -0.15) is 0 Å². The highest BCUT2D eigenvalue weighted by Crippen LogP contribution is 2.33. The van der Waals surface area contributed by atoms with Crippen LogP contribution in [0, 0.1) is 0 Å². The van der Waals surface area contributed by atoms with E-state index >= 15 is 0 Å². The van der Waals surface area contributed by atoms with E-state index in [9.17, 15) is 4.79 Å². The molecule has 5 nitrogen and oxygen atoms in total. The summed E-state index contributed by atoms with van der Waals surface area (Å²) >= 11 is 1.72. The van der Waals surface area contributed by atoms with Crippen molar-refractivity contribution in [3.05, 3.63) is 26.6 Å². The molecular formula is C16H21N3O2S. The molecule has 6 heteroatoms. The Kier molecular flexibility index (Phi) is 3.98. The van der Waals surface area contributed by atoms with E-state index in [2.05, 4.69) is 9.88 Å². The fraction of sp³-hybridized carbons (Fsp3) is 0.625. The number of nitrogens with one attached hydrogen (secondary N) is 1. The summed E-state index contributed by atoms with van der Waals surface area (Å²) in [5, 5.41) is 0.856. The molecule has 0 aromatic carbocycles. The summed E-state index contributed by atoms with van der Waals surface area (Å²) in [5.74, 6) is 0.822. The molecule has 4 rings (SSSR count). The molecule has 0 saturated carbocycles. The van der Waals surface area contributed by atoms with Gasteiger partial charge < -0.3 is 9.72 Å². The molecular weight excluding hydrogens is 298 g/mol. The average Bonchev–Trinajstić information content (AvgIpc) is 2.92. The Morgan fingerprint density at radius 2 is 2.05 bits per heavy atom. The molecule has 2 aromatic rings. The molecule has 3 heterocycles. The minimum Gasteiger partial charge on any atom is -0.379 e. The van der Waals surface area contributed by atoms with Crippen molar-refractivity contribution in [3.8, 4) is 0 Å². The Bertz CT molecular complexity index is 731. The lowest BCUT2D eigenvalue weighted by molar-refractivity contribution is 0.0382. The summed E-state index contributed by atoms with van der Waals surface area (Å²) in [6, 6.07) is 0. The molecule has 1 N–H and O–H groups in total. The van der Waals surface area contributed by atoms with Gasteiger partial charge in [0.25, 0.3) is 5.56 Å². The van der Waals surface area contributed by atoms with Crippen LogP contribution >= 0.6 is 11.3 Å². The summed E-state index contributed by atoms with van der Waals surface area (Å²) in [6.07, 6.45) is 5.37. The molecule has 0 radical (unpaired) electrons. The second-order valence-electron chi connectivity index (χ2n) is 6.11. The number of H-pyrrole nitrogens is 1. The second kappa shape index (κ2) is 6.10. The smallest absolute Gasteiger partial charge is 0.259 e. The first-order valence-corrected chi connectivity index (χ1v) is 8.96. The summed E-state index contributed by atoms with van der Waals surface area (Å²) in [7, 11) is 0. The zero-order chi connectivity index (χ0) is 14.9. The van der Waals surface area contributed by atoms with E-state index in [-0.39, 0.29) is 5.56 Å². The maximum absolute atomic E-state index is 12.5. The number of morpholine rings is 1. The number of rotatable bonds is 3. The Balaban J connectivity index is 1.58. The molecule has 2 aliphatic rings. The topological polar surface area (TPSA) is 58.2 Å². The monoisotopic (exact) mass is 319 g/mol. The first kappa shape index (κ1) is 14.4. The number of hydrogen-bond donors (Lipinski definition) is 1. The van der Waals surface area contributed by atoms with Gasteiger partial charge in [0, 0.05) is 30.9 Å². The second-order valence-corrected chi connectivity index (χ2v) is 7.19. The van der Waals surface area contributed by atoms with Crippen molar-refractivity contribution in [1.29, 1.82) is 0 Å². The van der Waals surface area contributed by atoms with Gasteiger partial charge in [-0.05, 0) is 31.2 Å². The molecule has 0 amide bonds. The maximum atomic E-state index is 12.5. The predicted molar refractivity (Wildman–Crippen MR) is 87.8 cm³/mol. The maximum Gasteiger partial charge on any atom is 0.259 e. The van der Waals surface area contributed by atoms with Gasteiger partial charge in [-0.3, -0.25) is 9.69 Å². The van der Waals surface area contributed by atoms with Crippen LogP contribution < -0.4 is 5.56 Å². The number of fused-ring (bicyclic) bond motifs is 3. The fourth-order valence-electron chi connectivity index (χ4n) is 3.42. The van der Waals surface area contributed by atoms with Gasteiger partial charge in [-0.25, -0.2) is 4.98 Å². The van der Waals surface area contributed by atoms with Crippen molar-refractivity contribution < 1.29 is 4.74 Å². The molecule has 2 aromatic heterocycles. The van der Waals surface area contributed by atoms with Crippen molar-refractivity contribution in [2.75, 3.05) is 32.8 Å². The first-order valence-electron chi connectivity index (χ1n) is 8.15. The van der Waals surface area contributed by atoms with Crippen LogP contribution in [0.4, 0.5) is 0 Å². The SMILES string of the molecule is O=c1[nH]c(CCN2CCOCC2)nc2sc3c(c12)CCCC3. The fourth-order valence-corrected chi connectivity index (χ4v) is 4.70. The Hall–Kier alpha value is -1.24. The van der Waals surface area contributed by atoms with Crippen LogP contribution in [0.2, 0.25) is 0 Å². The lowest BCUT2D eigenvalue weighted by Gasteiger charge is -2.26. The highest BCUT2D eigenvalue weighted by molar-refractivity contribution is 7.18. The van der Waals surface area contributed by atoms with E-state index in [4.69, 9.17) is 9.72 Å². The predicted octanol–water partition coefficient (Wildman–Crippen LogP) is 1.74. The highest BCUT2D eigenvalue weighted by Gasteiger charge is 2.20. The lowest BCUT2D eigenvalue weighted by atomic mass is 9.97. The third-order valence-electron chi connectivity index (χ3n) is 4.64. The van der Waals surface area contributed by atoms with Gasteiger partial charge in [0.15, 0.2) is 0 Å². The Morgan fingerprint density at radius 1 is 1.23 bits per heavy atom. The van der Waals surface area contributed by atoms with Gasteiger partial charge in [0.05, 0.1) is 18.6 Å². The normalized spacial score (nSPS) is 19.5. The average molecular weight is 319 g/mol. The number of hydrogen-bond acceptors (Lipinski definition) is 5. The largest absolute Gasteiger partial charge is 0.379 e. The van der Waals surface area contributed by atoms with Crippen LogP contribution in [-0.2, 0) is 24.0 Å². The standard InChI is InChI=1S/C16H21N3O2S/c20-15-14-11-3-1-2-4-12(11)22-16(14)18-13(17-15)5-6-19-7-9-21-10-8-19/h1-10H2,(H,17,18,20). The van der Waals surface area contributed by atoms with Gasteiger partial charge in [-0.15, -0.1) is 11.3 Å². The summed E-state index contributed by atoms with van der Waals surface area (Å²) in [5.41, 5.74) is 1.32. The van der Waals surface area contributed by atoms with E-state index in [1.807, 2.05) is 0 Å². The summed E-state index contributed by atoms with van der Waals surface area (Å²) < 4.78 is 5.36. The molecule has 1 aliphatic heterocycles. The van der Waals surface area contributed by atoms with Crippen molar-refractivity contribution in [2.24, 2.45) is 0 Å². The van der Waals surface area contributed by atoms with Gasteiger partial charge in [0.2, 0.25) is 0 Å². The van der Waals surface area contributed by atoms with Crippen molar-refractivity contribution >= 4 is 21.6 Å². The van der Waals surface area contributed by atoms with Crippen LogP contribution in [0.25, 0.3) is 10.2 Å². The lowest BCUT2D eigenvalue weighted by Crippen LogP contribution is -2.37. The minimum absolute atomic E-state index is 0.0568. The van der Waals surface area contributed by atoms with Crippen LogP contribution in [0.3, 0.4) is 0 Å². The van der Waals surface area contributed by atoms with E-state index in [0.29, 0.717) is 0 Å². The molecule has 22 heavy (non-hydrogen) atoms. The third kappa shape index (κ3) is 2.71. The summed E-state index contributed by atoms with van der Waals surface area (Å²) in [4.78, 5) is 24.9. The van der Waals surface area contributed by atoms with Crippen LogP contribution in [-0.4, -0.2) is 47.7 Å². The van der Waals surface area contributed by atoms with Crippen LogP contribution in [0.15, 0.2) is 4.79 Å². The highest BCUT2D eigenvalue weighted by atomic mass is 32.1. The van der Waals surface area contributed by atoms with E-state index in [0.717, 1.165) is 68.2 Å². The molecule has 1 aliphatic carbocycles. The molecule has 0 bridgehead atoms. The number of ether oxygens (including phenoxy) is 1. The van der Waals surface area contributed by atoms with Gasteiger partial charge in [0.1, 0.15) is 10.7 Å². The van der Waals surface area contributed by atoms with Crippen LogP contribution in [0.5, 0.6) is 0 Å². The van der Waals surface area contributed by atoms with Crippen molar-refractivity contribution in [1.82, 2.24) is 14.9 Å². The first-order chi connectivity index (χ1) is 10.8. The van der Waals surface area contributed by atoms with Crippen molar-refractivity contribution in [3.63, 3.8) is 0 Å². The number of aromatic amines is 1. The van der Waals surface area contributed by atoms with E-state index in [1.54, 1.807) is 11.3 Å². The Labute approximate surface area is 133 Å². The number of thiophene rings is 1. The molecule has 0 spiro atoms. The number of aryl methyl sites for hydroxylation is 2. The molecule has 1 saturated heterocycles. The molecule has 118 valence electrons.